The lowest BCUT2D eigenvalue weighted by Gasteiger charge is -2.18. The predicted molar refractivity (Wildman–Crippen MR) is 132 cm³/mol. The molecule has 0 aromatic heterocycles. The molecule has 2 aromatic rings. The molecule has 0 saturated carbocycles. The van der Waals surface area contributed by atoms with Crippen LogP contribution >= 0.6 is 15.9 Å². The number of halogens is 1. The lowest BCUT2D eigenvalue weighted by molar-refractivity contribution is -0.161. The molecule has 0 aliphatic carbocycles. The van der Waals surface area contributed by atoms with E-state index in [1.807, 2.05) is 48.5 Å². The Bertz CT molecular complexity index is 920. The zero-order valence-corrected chi connectivity index (χ0v) is 22.0. The van der Waals surface area contributed by atoms with Gasteiger partial charge in [0, 0.05) is 4.47 Å². The van der Waals surface area contributed by atoms with Gasteiger partial charge in [-0.1, -0.05) is 46.3 Å². The third-order valence-electron chi connectivity index (χ3n) is 3.85. The van der Waals surface area contributed by atoms with E-state index < -0.39 is 17.5 Å². The Morgan fingerprint density at radius 2 is 1.44 bits per heavy atom. The summed E-state index contributed by atoms with van der Waals surface area (Å²) < 4.78 is 21.1. The fourth-order valence-corrected chi connectivity index (χ4v) is 3.15. The van der Waals surface area contributed by atoms with Gasteiger partial charge in [0.1, 0.15) is 24.4 Å². The Morgan fingerprint density at radius 3 is 2.03 bits per heavy atom. The maximum absolute atomic E-state index is 11.5. The molecule has 0 N–H and O–H groups in total. The highest BCUT2D eigenvalue weighted by Crippen LogP contribution is 2.23. The van der Waals surface area contributed by atoms with E-state index in [-0.39, 0.29) is 25.4 Å². The highest BCUT2D eigenvalue weighted by Gasteiger charge is 2.19. The molecule has 186 valence electrons. The van der Waals surface area contributed by atoms with Crippen LogP contribution in [0.4, 0.5) is 0 Å². The molecule has 0 unspecified atom stereocenters. The van der Waals surface area contributed by atoms with Crippen molar-refractivity contribution in [1.82, 2.24) is 0 Å². The van der Waals surface area contributed by atoms with Gasteiger partial charge < -0.3 is 18.9 Å². The molecule has 0 aliphatic heterocycles. The smallest absolute Gasteiger partial charge is 0.317 e. The first-order valence-corrected chi connectivity index (χ1v) is 11.8. The Hall–Kier alpha value is -2.87. The van der Waals surface area contributed by atoms with Crippen LogP contribution in [0.1, 0.15) is 52.2 Å². The van der Waals surface area contributed by atoms with Crippen molar-refractivity contribution in [3.63, 3.8) is 0 Å². The van der Waals surface area contributed by atoms with Gasteiger partial charge >= 0.3 is 17.9 Å². The highest BCUT2D eigenvalue weighted by molar-refractivity contribution is 9.10. The number of hydrogen-bond donors (Lipinski definition) is 0. The SMILES string of the molecule is CCOC(=O)CC(=O)OC(C)(C)C.CCOC(=O)Cc1cc(Br)cc(OCc2ccccc2)c1. The van der Waals surface area contributed by atoms with Crippen molar-refractivity contribution in [3.05, 3.63) is 64.1 Å². The van der Waals surface area contributed by atoms with Crippen molar-refractivity contribution in [3.8, 4) is 5.75 Å². The molecular weight excluding hydrogens is 504 g/mol. The van der Waals surface area contributed by atoms with E-state index in [1.165, 1.54) is 0 Å². The van der Waals surface area contributed by atoms with Gasteiger partial charge in [0.15, 0.2) is 0 Å². The number of carbonyl (C=O) groups excluding carboxylic acids is 3. The second-order valence-corrected chi connectivity index (χ2v) is 9.04. The van der Waals surface area contributed by atoms with Crippen LogP contribution in [0, 0.1) is 0 Å². The van der Waals surface area contributed by atoms with E-state index in [9.17, 15) is 14.4 Å². The first kappa shape index (κ1) is 29.2. The van der Waals surface area contributed by atoms with E-state index in [0.717, 1.165) is 21.3 Å². The van der Waals surface area contributed by atoms with E-state index in [0.29, 0.717) is 13.2 Å². The number of hydrogen-bond acceptors (Lipinski definition) is 7. The second-order valence-electron chi connectivity index (χ2n) is 8.12. The fourth-order valence-electron chi connectivity index (χ4n) is 2.63. The molecule has 0 radical (unpaired) electrons. The van der Waals surface area contributed by atoms with Crippen LogP contribution in [0.25, 0.3) is 0 Å². The quantitative estimate of drug-likeness (QED) is 0.240. The van der Waals surface area contributed by atoms with Crippen molar-refractivity contribution < 1.29 is 33.3 Å². The van der Waals surface area contributed by atoms with E-state index >= 15 is 0 Å². The van der Waals surface area contributed by atoms with Gasteiger partial charge in [0.05, 0.1) is 19.6 Å². The third-order valence-corrected chi connectivity index (χ3v) is 4.31. The van der Waals surface area contributed by atoms with Gasteiger partial charge in [-0.2, -0.15) is 0 Å². The van der Waals surface area contributed by atoms with Crippen LogP contribution in [-0.2, 0) is 41.6 Å². The summed E-state index contributed by atoms with van der Waals surface area (Å²) in [5.41, 5.74) is 1.42. The minimum atomic E-state index is -0.552. The molecule has 0 aliphatic rings. The average molecular weight is 537 g/mol. The summed E-state index contributed by atoms with van der Waals surface area (Å²) in [5.74, 6) is -0.597. The van der Waals surface area contributed by atoms with Crippen LogP contribution in [-0.4, -0.2) is 36.7 Å². The molecule has 0 amide bonds. The maximum Gasteiger partial charge on any atom is 0.317 e. The van der Waals surface area contributed by atoms with Crippen LogP contribution in [0.2, 0.25) is 0 Å². The van der Waals surface area contributed by atoms with Gasteiger partial charge in [-0.3, -0.25) is 14.4 Å². The summed E-state index contributed by atoms with van der Waals surface area (Å²) in [4.78, 5) is 33.4. The van der Waals surface area contributed by atoms with Gasteiger partial charge in [0.25, 0.3) is 0 Å². The maximum atomic E-state index is 11.5. The first-order valence-electron chi connectivity index (χ1n) is 11.0. The number of carbonyl (C=O) groups is 3. The zero-order valence-electron chi connectivity index (χ0n) is 20.4. The molecule has 2 aromatic carbocycles. The molecule has 2 rings (SSSR count). The average Bonchev–Trinajstić information content (AvgIpc) is 2.72. The number of ether oxygens (including phenoxy) is 4. The third kappa shape index (κ3) is 13.6. The molecule has 0 fully saturated rings. The normalized spacial score (nSPS) is 10.4. The van der Waals surface area contributed by atoms with Crippen molar-refractivity contribution in [2.24, 2.45) is 0 Å². The summed E-state index contributed by atoms with van der Waals surface area (Å²) in [6.07, 6.45) is -0.0694. The van der Waals surface area contributed by atoms with Gasteiger partial charge in [-0.15, -0.1) is 0 Å². The Kier molecular flexibility index (Phi) is 13.0. The molecule has 0 atom stereocenters. The molecule has 8 heteroatoms. The van der Waals surface area contributed by atoms with E-state index in [1.54, 1.807) is 34.6 Å². The molecule has 34 heavy (non-hydrogen) atoms. The number of esters is 3. The zero-order chi connectivity index (χ0) is 25.6. The Balaban J connectivity index is 0.000000385. The molecule has 0 bridgehead atoms. The molecule has 0 heterocycles. The topological polar surface area (TPSA) is 88.1 Å². The lowest BCUT2D eigenvalue weighted by Crippen LogP contribution is -2.25. The lowest BCUT2D eigenvalue weighted by atomic mass is 10.1. The van der Waals surface area contributed by atoms with E-state index in [2.05, 4.69) is 20.7 Å². The molecule has 0 saturated heterocycles. The van der Waals surface area contributed by atoms with Crippen LogP contribution in [0.3, 0.4) is 0 Å². The van der Waals surface area contributed by atoms with Crippen molar-refractivity contribution in [2.75, 3.05) is 13.2 Å². The summed E-state index contributed by atoms with van der Waals surface area (Å²) in [6, 6.07) is 15.6. The van der Waals surface area contributed by atoms with Crippen LogP contribution in [0.5, 0.6) is 5.75 Å². The van der Waals surface area contributed by atoms with Crippen molar-refractivity contribution in [2.45, 2.75) is 59.7 Å². The van der Waals surface area contributed by atoms with Crippen LogP contribution < -0.4 is 4.74 Å². The monoisotopic (exact) mass is 536 g/mol. The van der Waals surface area contributed by atoms with Gasteiger partial charge in [0.2, 0.25) is 0 Å². The largest absolute Gasteiger partial charge is 0.489 e. The summed E-state index contributed by atoms with van der Waals surface area (Å²) in [6.45, 7) is 9.89. The van der Waals surface area contributed by atoms with Crippen molar-refractivity contribution in [1.29, 1.82) is 0 Å². The van der Waals surface area contributed by atoms with Gasteiger partial charge in [-0.05, 0) is 63.9 Å². The fraction of sp³-hybridized carbons (Fsp3) is 0.423. The Labute approximate surface area is 209 Å². The summed E-state index contributed by atoms with van der Waals surface area (Å²) in [7, 11) is 0. The molecule has 0 spiro atoms. The minimum Gasteiger partial charge on any atom is -0.489 e. The Morgan fingerprint density at radius 1 is 0.824 bits per heavy atom. The van der Waals surface area contributed by atoms with Crippen LogP contribution in [0.15, 0.2) is 53.0 Å². The minimum absolute atomic E-state index is 0.232. The molecule has 7 nitrogen and oxygen atoms in total. The van der Waals surface area contributed by atoms with E-state index in [4.69, 9.17) is 14.2 Å². The predicted octanol–water partition coefficient (Wildman–Crippen LogP) is 5.42. The number of rotatable bonds is 9. The molecular formula is C26H33BrO7. The standard InChI is InChI=1S/C17H17BrO3.C9H16O4/c1-2-20-17(19)10-14-8-15(18)11-16(9-14)21-12-13-6-4-3-5-7-13;1-5-12-7(10)6-8(11)13-9(2,3)4/h3-9,11H,2,10,12H2,1H3;5-6H2,1-4H3. The highest BCUT2D eigenvalue weighted by atomic mass is 79.9. The van der Waals surface area contributed by atoms with Gasteiger partial charge in [-0.25, -0.2) is 0 Å². The summed E-state index contributed by atoms with van der Waals surface area (Å²) >= 11 is 3.44. The number of benzene rings is 2. The first-order chi connectivity index (χ1) is 16.0. The summed E-state index contributed by atoms with van der Waals surface area (Å²) in [5, 5.41) is 0. The second kappa shape index (κ2) is 15.1. The van der Waals surface area contributed by atoms with Crippen molar-refractivity contribution >= 4 is 33.8 Å².